The van der Waals surface area contributed by atoms with Crippen LogP contribution in [-0.2, 0) is 11.2 Å². The summed E-state index contributed by atoms with van der Waals surface area (Å²) in [5, 5.41) is 11.6. The number of carbonyl (C=O) groups excluding carboxylic acids is 1. The molecule has 0 aromatic heterocycles. The molecule has 2 aromatic carbocycles. The Morgan fingerprint density at radius 2 is 1.80 bits per heavy atom. The number of nitrogens with two attached hydrogens (primary N) is 1. The first-order valence-electron chi connectivity index (χ1n) is 4.66. The molecule has 0 aliphatic rings. The highest BCUT2D eigenvalue weighted by atomic mass is 16.3. The molecule has 1 amide bonds. The minimum absolute atomic E-state index is 0.0661. The Balaban J connectivity index is 2.56. The maximum atomic E-state index is 10.8. The molecule has 0 saturated heterocycles. The van der Waals surface area contributed by atoms with E-state index in [-0.39, 0.29) is 12.2 Å². The summed E-state index contributed by atoms with van der Waals surface area (Å²) in [6, 6.07) is 11.1. The van der Waals surface area contributed by atoms with Crippen molar-refractivity contribution in [2.45, 2.75) is 6.42 Å². The number of aromatic hydroxyl groups is 1. The average molecular weight is 201 g/mol. The van der Waals surface area contributed by atoms with Gasteiger partial charge in [0, 0.05) is 5.56 Å². The zero-order valence-electron chi connectivity index (χ0n) is 8.10. The van der Waals surface area contributed by atoms with Crippen molar-refractivity contribution in [1.29, 1.82) is 0 Å². The minimum Gasteiger partial charge on any atom is -0.508 e. The predicted octanol–water partition coefficient (Wildman–Crippen LogP) is 1.57. The number of benzene rings is 2. The molecular formula is C12H11NO2. The molecule has 0 radical (unpaired) electrons. The van der Waals surface area contributed by atoms with Gasteiger partial charge in [-0.05, 0) is 22.9 Å². The fourth-order valence-electron chi connectivity index (χ4n) is 1.60. The Bertz CT molecular complexity index is 520. The molecule has 0 heterocycles. The number of carbonyl (C=O) groups is 1. The first kappa shape index (κ1) is 9.52. The fourth-order valence-corrected chi connectivity index (χ4v) is 1.60. The highest BCUT2D eigenvalue weighted by molar-refractivity contribution is 5.87. The van der Waals surface area contributed by atoms with Gasteiger partial charge in [-0.1, -0.05) is 24.3 Å². The number of fused-ring (bicyclic) bond motifs is 1. The van der Waals surface area contributed by atoms with Crippen molar-refractivity contribution < 1.29 is 9.90 Å². The molecule has 3 nitrogen and oxygen atoms in total. The van der Waals surface area contributed by atoms with Crippen molar-refractivity contribution >= 4 is 16.7 Å². The molecule has 2 aromatic rings. The summed E-state index contributed by atoms with van der Waals surface area (Å²) >= 11 is 0. The van der Waals surface area contributed by atoms with Crippen molar-refractivity contribution in [3.05, 3.63) is 42.0 Å². The molecule has 0 unspecified atom stereocenters. The van der Waals surface area contributed by atoms with E-state index >= 15 is 0 Å². The van der Waals surface area contributed by atoms with Crippen LogP contribution in [0.15, 0.2) is 36.4 Å². The molecule has 3 heteroatoms. The lowest BCUT2D eigenvalue weighted by Gasteiger charge is -2.04. The van der Waals surface area contributed by atoms with Crippen molar-refractivity contribution in [3.8, 4) is 5.75 Å². The lowest BCUT2D eigenvalue weighted by molar-refractivity contribution is -0.117. The van der Waals surface area contributed by atoms with E-state index in [4.69, 9.17) is 5.73 Å². The largest absolute Gasteiger partial charge is 0.508 e. The van der Waals surface area contributed by atoms with E-state index in [0.29, 0.717) is 5.56 Å². The van der Waals surface area contributed by atoms with E-state index in [1.165, 1.54) is 0 Å². The van der Waals surface area contributed by atoms with E-state index in [1.807, 2.05) is 24.3 Å². The highest BCUT2D eigenvalue weighted by Crippen LogP contribution is 2.25. The Labute approximate surface area is 87.1 Å². The molecule has 0 aliphatic heterocycles. The Morgan fingerprint density at radius 3 is 2.40 bits per heavy atom. The number of phenols is 1. The van der Waals surface area contributed by atoms with Gasteiger partial charge in [0.15, 0.2) is 0 Å². The van der Waals surface area contributed by atoms with Crippen LogP contribution in [-0.4, -0.2) is 11.0 Å². The summed E-state index contributed by atoms with van der Waals surface area (Å²) in [6.07, 6.45) is 0.0661. The van der Waals surface area contributed by atoms with E-state index in [0.717, 1.165) is 10.8 Å². The van der Waals surface area contributed by atoms with Gasteiger partial charge in [0.25, 0.3) is 0 Å². The summed E-state index contributed by atoms with van der Waals surface area (Å²) in [5.74, 6) is -0.326. The van der Waals surface area contributed by atoms with Gasteiger partial charge >= 0.3 is 0 Å². The molecule has 0 spiro atoms. The smallest absolute Gasteiger partial charge is 0.221 e. The standard InChI is InChI=1S/C12H11NO2/c13-12(15)7-10-5-8-3-1-2-4-9(8)6-11(10)14/h1-6,14H,7H2,(H2,13,15). The fraction of sp³-hybridized carbons (Fsp3) is 0.0833. The zero-order chi connectivity index (χ0) is 10.8. The van der Waals surface area contributed by atoms with Crippen LogP contribution in [0.4, 0.5) is 0 Å². The van der Waals surface area contributed by atoms with E-state index in [2.05, 4.69) is 0 Å². The van der Waals surface area contributed by atoms with Gasteiger partial charge in [0.2, 0.25) is 5.91 Å². The van der Waals surface area contributed by atoms with Crippen LogP contribution >= 0.6 is 0 Å². The monoisotopic (exact) mass is 201 g/mol. The number of hydrogen-bond acceptors (Lipinski definition) is 2. The van der Waals surface area contributed by atoms with Crippen LogP contribution in [0.25, 0.3) is 10.8 Å². The van der Waals surface area contributed by atoms with Crippen LogP contribution < -0.4 is 5.73 Å². The van der Waals surface area contributed by atoms with Gasteiger partial charge in [-0.15, -0.1) is 0 Å². The molecule has 3 N–H and O–H groups in total. The summed E-state index contributed by atoms with van der Waals surface area (Å²) in [5.41, 5.74) is 5.66. The topological polar surface area (TPSA) is 63.3 Å². The molecular weight excluding hydrogens is 190 g/mol. The van der Waals surface area contributed by atoms with Crippen LogP contribution in [0.3, 0.4) is 0 Å². The first-order valence-corrected chi connectivity index (χ1v) is 4.66. The summed E-state index contributed by atoms with van der Waals surface area (Å²) < 4.78 is 0. The molecule has 0 bridgehead atoms. The summed E-state index contributed by atoms with van der Waals surface area (Å²) in [7, 11) is 0. The van der Waals surface area contributed by atoms with Crippen LogP contribution in [0.5, 0.6) is 5.75 Å². The van der Waals surface area contributed by atoms with E-state index in [1.54, 1.807) is 12.1 Å². The second kappa shape index (κ2) is 3.61. The molecule has 15 heavy (non-hydrogen) atoms. The molecule has 0 aliphatic carbocycles. The van der Waals surface area contributed by atoms with Gasteiger partial charge in [-0.2, -0.15) is 0 Å². The third-order valence-electron chi connectivity index (χ3n) is 2.31. The van der Waals surface area contributed by atoms with Gasteiger partial charge < -0.3 is 10.8 Å². The van der Waals surface area contributed by atoms with Gasteiger partial charge in [0.1, 0.15) is 5.75 Å². The highest BCUT2D eigenvalue weighted by Gasteiger charge is 2.06. The Kier molecular flexibility index (Phi) is 2.29. The minimum atomic E-state index is -0.444. The number of phenolic OH excluding ortho intramolecular Hbond substituents is 1. The SMILES string of the molecule is NC(=O)Cc1cc2ccccc2cc1O. The third kappa shape index (κ3) is 1.91. The number of primary amides is 1. The summed E-state index contributed by atoms with van der Waals surface area (Å²) in [4.78, 5) is 10.8. The van der Waals surface area contributed by atoms with Crippen molar-refractivity contribution in [3.63, 3.8) is 0 Å². The second-order valence-electron chi connectivity index (χ2n) is 3.47. The normalized spacial score (nSPS) is 10.4. The predicted molar refractivity (Wildman–Crippen MR) is 58.5 cm³/mol. The second-order valence-corrected chi connectivity index (χ2v) is 3.47. The van der Waals surface area contributed by atoms with Gasteiger partial charge in [-0.3, -0.25) is 4.79 Å². The molecule has 0 atom stereocenters. The Hall–Kier alpha value is -2.03. The molecule has 2 rings (SSSR count). The molecule has 0 fully saturated rings. The first-order chi connectivity index (χ1) is 7.16. The van der Waals surface area contributed by atoms with Crippen LogP contribution in [0.2, 0.25) is 0 Å². The van der Waals surface area contributed by atoms with Crippen molar-refractivity contribution in [2.75, 3.05) is 0 Å². The van der Waals surface area contributed by atoms with E-state index < -0.39 is 5.91 Å². The van der Waals surface area contributed by atoms with Crippen LogP contribution in [0.1, 0.15) is 5.56 Å². The molecule has 0 saturated carbocycles. The van der Waals surface area contributed by atoms with Gasteiger partial charge in [-0.25, -0.2) is 0 Å². The number of amides is 1. The number of rotatable bonds is 2. The van der Waals surface area contributed by atoms with E-state index in [9.17, 15) is 9.90 Å². The molecule has 76 valence electrons. The zero-order valence-corrected chi connectivity index (χ0v) is 8.10. The lowest BCUT2D eigenvalue weighted by Crippen LogP contribution is -2.13. The Morgan fingerprint density at radius 1 is 1.20 bits per heavy atom. The average Bonchev–Trinajstić information content (AvgIpc) is 2.18. The summed E-state index contributed by atoms with van der Waals surface area (Å²) in [6.45, 7) is 0. The number of hydrogen-bond donors (Lipinski definition) is 2. The van der Waals surface area contributed by atoms with Crippen molar-refractivity contribution in [1.82, 2.24) is 0 Å². The maximum Gasteiger partial charge on any atom is 0.221 e. The van der Waals surface area contributed by atoms with Crippen molar-refractivity contribution in [2.24, 2.45) is 5.73 Å². The maximum absolute atomic E-state index is 10.8. The lowest BCUT2D eigenvalue weighted by atomic mass is 10.0. The van der Waals surface area contributed by atoms with Gasteiger partial charge in [0.05, 0.1) is 6.42 Å². The van der Waals surface area contributed by atoms with Crippen LogP contribution in [0, 0.1) is 0 Å². The third-order valence-corrected chi connectivity index (χ3v) is 2.31. The quantitative estimate of drug-likeness (QED) is 0.774.